The predicted octanol–water partition coefficient (Wildman–Crippen LogP) is 3.93. The van der Waals surface area contributed by atoms with Crippen molar-refractivity contribution in [1.82, 2.24) is 9.80 Å². The molecule has 1 N–H and O–H groups in total. The van der Waals surface area contributed by atoms with Crippen molar-refractivity contribution in [2.24, 2.45) is 0 Å². The molecule has 6 heteroatoms. The molecule has 1 unspecified atom stereocenters. The Bertz CT molecular complexity index is 965. The number of carbonyl (C=O) groups excluding carboxylic acids is 2. The summed E-state index contributed by atoms with van der Waals surface area (Å²) in [6.07, 6.45) is 0.823. The second kappa shape index (κ2) is 10.5. The van der Waals surface area contributed by atoms with E-state index in [1.54, 1.807) is 4.90 Å². The van der Waals surface area contributed by atoms with Gasteiger partial charge >= 0.3 is 0 Å². The quantitative estimate of drug-likeness (QED) is 0.611. The highest BCUT2D eigenvalue weighted by Gasteiger charge is 2.42. The van der Waals surface area contributed by atoms with Gasteiger partial charge in [-0.15, -0.1) is 0 Å². The molecule has 0 bridgehead atoms. The van der Waals surface area contributed by atoms with E-state index >= 15 is 0 Å². The maximum Gasteiger partial charge on any atom is 0.290 e. The van der Waals surface area contributed by atoms with Gasteiger partial charge in [0.15, 0.2) is 11.5 Å². The zero-order valence-corrected chi connectivity index (χ0v) is 19.2. The lowest BCUT2D eigenvalue weighted by Crippen LogP contribution is -2.36. The third kappa shape index (κ3) is 5.56. The zero-order chi connectivity index (χ0) is 23.3. The minimum atomic E-state index is -0.612. The second-order valence-electron chi connectivity index (χ2n) is 8.61. The molecule has 1 aliphatic heterocycles. The number of nitrogens with zero attached hydrogens (tertiary/aromatic N) is 2. The molecule has 1 aliphatic rings. The van der Waals surface area contributed by atoms with Crippen LogP contribution in [-0.4, -0.2) is 59.9 Å². The van der Waals surface area contributed by atoms with Crippen molar-refractivity contribution < 1.29 is 19.4 Å². The van der Waals surface area contributed by atoms with Crippen LogP contribution in [0, 0.1) is 0 Å². The molecule has 0 radical (unpaired) electrons. The van der Waals surface area contributed by atoms with Gasteiger partial charge in [0.2, 0.25) is 0 Å². The van der Waals surface area contributed by atoms with E-state index in [9.17, 15) is 14.7 Å². The van der Waals surface area contributed by atoms with Gasteiger partial charge in [0, 0.05) is 19.5 Å². The van der Waals surface area contributed by atoms with E-state index in [2.05, 4.69) is 0 Å². The summed E-state index contributed by atoms with van der Waals surface area (Å²) in [5.74, 6) is -0.422. The summed E-state index contributed by atoms with van der Waals surface area (Å²) < 4.78 is 5.73. The van der Waals surface area contributed by atoms with E-state index in [-0.39, 0.29) is 23.9 Å². The van der Waals surface area contributed by atoms with Crippen LogP contribution in [0.25, 0.3) is 0 Å². The number of aliphatic hydroxyl groups excluding tert-OH is 1. The average molecular weight is 437 g/mol. The van der Waals surface area contributed by atoms with Crippen molar-refractivity contribution in [2.75, 3.05) is 27.2 Å². The highest BCUT2D eigenvalue weighted by Crippen LogP contribution is 2.38. The Hall–Kier alpha value is -3.12. The molecule has 0 spiro atoms. The molecule has 0 aliphatic carbocycles. The summed E-state index contributed by atoms with van der Waals surface area (Å²) >= 11 is 0. The molecular weight excluding hydrogens is 404 g/mol. The molecule has 1 heterocycles. The summed E-state index contributed by atoms with van der Waals surface area (Å²) in [6.45, 7) is 4.93. The summed E-state index contributed by atoms with van der Waals surface area (Å²) in [6, 6.07) is 16.5. The van der Waals surface area contributed by atoms with Crippen LogP contribution in [0.15, 0.2) is 65.9 Å². The first-order valence-electron chi connectivity index (χ1n) is 11.0. The predicted molar refractivity (Wildman–Crippen MR) is 125 cm³/mol. The highest BCUT2D eigenvalue weighted by atomic mass is 16.5. The van der Waals surface area contributed by atoms with Crippen LogP contribution < -0.4 is 4.74 Å². The van der Waals surface area contributed by atoms with Crippen molar-refractivity contribution in [3.63, 3.8) is 0 Å². The molecule has 6 nitrogen and oxygen atoms in total. The summed E-state index contributed by atoms with van der Waals surface area (Å²) in [5, 5.41) is 10.7. The van der Waals surface area contributed by atoms with Crippen LogP contribution in [0.1, 0.15) is 37.4 Å². The highest BCUT2D eigenvalue weighted by molar-refractivity contribution is 6.09. The summed E-state index contributed by atoms with van der Waals surface area (Å²) in [5.41, 5.74) is 2.00. The van der Waals surface area contributed by atoms with Gasteiger partial charge in [-0.1, -0.05) is 42.5 Å². The number of Topliss-reactive ketones (excluding diaryl/α,β-unsaturated/α-hetero) is 1. The van der Waals surface area contributed by atoms with Crippen molar-refractivity contribution in [2.45, 2.75) is 38.8 Å². The molecule has 0 saturated carbocycles. The Labute approximate surface area is 190 Å². The molecule has 170 valence electrons. The normalized spacial score (nSPS) is 16.4. The number of aliphatic hydroxyl groups is 1. The van der Waals surface area contributed by atoms with E-state index in [0.29, 0.717) is 19.5 Å². The monoisotopic (exact) mass is 436 g/mol. The Morgan fingerprint density at radius 2 is 1.75 bits per heavy atom. The van der Waals surface area contributed by atoms with E-state index in [1.807, 2.05) is 87.4 Å². The van der Waals surface area contributed by atoms with Crippen molar-refractivity contribution in [1.29, 1.82) is 0 Å². The molecule has 32 heavy (non-hydrogen) atoms. The van der Waals surface area contributed by atoms with E-state index in [0.717, 1.165) is 16.9 Å². The lowest BCUT2D eigenvalue weighted by molar-refractivity contribution is -0.129. The second-order valence-corrected chi connectivity index (χ2v) is 8.61. The van der Waals surface area contributed by atoms with Crippen LogP contribution in [0.4, 0.5) is 0 Å². The molecular formula is C26H32N2O4. The number of rotatable bonds is 10. The van der Waals surface area contributed by atoms with Gasteiger partial charge in [-0.25, -0.2) is 0 Å². The zero-order valence-electron chi connectivity index (χ0n) is 19.2. The Morgan fingerprint density at radius 1 is 1.09 bits per heavy atom. The Balaban J connectivity index is 1.89. The fourth-order valence-corrected chi connectivity index (χ4v) is 3.86. The third-order valence-electron chi connectivity index (χ3n) is 5.44. The first kappa shape index (κ1) is 23.5. The minimum Gasteiger partial charge on any atom is -0.503 e. The van der Waals surface area contributed by atoms with E-state index < -0.39 is 17.7 Å². The number of hydrogen-bond donors (Lipinski definition) is 1. The number of aryl methyl sites for hydroxylation is 1. The lowest BCUT2D eigenvalue weighted by Gasteiger charge is -2.28. The first-order valence-corrected chi connectivity index (χ1v) is 11.0. The largest absolute Gasteiger partial charge is 0.503 e. The fraction of sp³-hybridized carbons (Fsp3) is 0.385. The molecule has 0 saturated heterocycles. The molecule has 1 atom stereocenters. The summed E-state index contributed by atoms with van der Waals surface area (Å²) in [7, 11) is 3.85. The summed E-state index contributed by atoms with van der Waals surface area (Å²) in [4.78, 5) is 29.7. The SMILES string of the molecule is CC(C)Oc1ccc(C2C(C(=O)CCc3ccccc3)=C(O)C(=O)N2CCN(C)C)cc1. The van der Waals surface area contributed by atoms with Gasteiger partial charge in [0.1, 0.15) is 5.75 Å². The van der Waals surface area contributed by atoms with E-state index in [1.165, 1.54) is 0 Å². The molecule has 0 aromatic heterocycles. The van der Waals surface area contributed by atoms with Crippen molar-refractivity contribution in [3.8, 4) is 5.75 Å². The molecule has 3 rings (SSSR count). The van der Waals surface area contributed by atoms with Gasteiger partial charge in [-0.05, 0) is 57.6 Å². The number of carbonyl (C=O) groups is 2. The number of ether oxygens (including phenoxy) is 1. The van der Waals surface area contributed by atoms with Crippen molar-refractivity contribution in [3.05, 3.63) is 77.1 Å². The van der Waals surface area contributed by atoms with Gasteiger partial charge in [0.05, 0.1) is 17.7 Å². The van der Waals surface area contributed by atoms with Gasteiger partial charge in [0.25, 0.3) is 5.91 Å². The van der Waals surface area contributed by atoms with Crippen LogP contribution in [0.5, 0.6) is 5.75 Å². The standard InChI is InChI=1S/C26H32N2O4/c1-18(2)32-21-13-11-20(12-14-21)24-23(22(29)15-10-19-8-6-5-7-9-19)25(30)26(31)28(24)17-16-27(3)4/h5-9,11-14,18,24,30H,10,15-17H2,1-4H3. The molecule has 2 aromatic rings. The third-order valence-corrected chi connectivity index (χ3v) is 5.44. The maximum absolute atomic E-state index is 13.2. The van der Waals surface area contributed by atoms with E-state index in [4.69, 9.17) is 4.74 Å². The topological polar surface area (TPSA) is 70.1 Å². The minimum absolute atomic E-state index is 0.0459. The first-order chi connectivity index (χ1) is 15.3. The number of likely N-dealkylation sites (N-methyl/N-ethyl adjacent to an activating group) is 1. The van der Waals surface area contributed by atoms with Crippen LogP contribution in [-0.2, 0) is 16.0 Å². The average Bonchev–Trinajstić information content (AvgIpc) is 3.01. The number of hydrogen-bond acceptors (Lipinski definition) is 5. The van der Waals surface area contributed by atoms with Crippen molar-refractivity contribution >= 4 is 11.7 Å². The number of amides is 1. The molecule has 2 aromatic carbocycles. The van der Waals surface area contributed by atoms with Gasteiger partial charge in [-0.3, -0.25) is 9.59 Å². The Kier molecular flexibility index (Phi) is 7.70. The van der Waals surface area contributed by atoms with Gasteiger partial charge in [-0.2, -0.15) is 0 Å². The fourth-order valence-electron chi connectivity index (χ4n) is 3.86. The number of benzene rings is 2. The molecule has 1 amide bonds. The number of ketones is 1. The van der Waals surface area contributed by atoms with Gasteiger partial charge < -0.3 is 19.6 Å². The van der Waals surface area contributed by atoms with Crippen LogP contribution >= 0.6 is 0 Å². The van der Waals surface area contributed by atoms with Crippen LogP contribution in [0.3, 0.4) is 0 Å². The maximum atomic E-state index is 13.2. The Morgan fingerprint density at radius 3 is 2.34 bits per heavy atom. The smallest absolute Gasteiger partial charge is 0.290 e. The molecule has 0 fully saturated rings. The van der Waals surface area contributed by atoms with Crippen LogP contribution in [0.2, 0.25) is 0 Å². The lowest BCUT2D eigenvalue weighted by atomic mass is 9.93.